The number of carbonyl (C=O) groups excluding carboxylic acids is 1. The second-order valence-electron chi connectivity index (χ2n) is 10.2. The summed E-state index contributed by atoms with van der Waals surface area (Å²) in [5.74, 6) is -2.27. The lowest BCUT2D eigenvalue weighted by molar-refractivity contribution is -0.161. The molecule has 0 aliphatic rings. The Hall–Kier alpha value is -2.76. The number of esters is 1. The molecular weight excluding hydrogens is 501 g/mol. The number of hydrogen-bond acceptors (Lipinski definition) is 3. The monoisotopic (exact) mass is 546 g/mol. The van der Waals surface area contributed by atoms with Crippen molar-refractivity contribution in [2.24, 2.45) is 0 Å². The summed E-state index contributed by atoms with van der Waals surface area (Å²) >= 11 is 0. The van der Waals surface area contributed by atoms with Crippen LogP contribution in [0.2, 0.25) is 0 Å². The van der Waals surface area contributed by atoms with Gasteiger partial charge in [0.05, 0.1) is 13.0 Å². The zero-order valence-electron chi connectivity index (χ0n) is 23.8. The zero-order valence-corrected chi connectivity index (χ0v) is 23.8. The van der Waals surface area contributed by atoms with Gasteiger partial charge in [-0.3, -0.25) is 4.79 Å². The first-order valence-corrected chi connectivity index (χ1v) is 14.5. The van der Waals surface area contributed by atoms with E-state index in [0.29, 0.717) is 17.7 Å². The fraction of sp³-hybridized carbons (Fsp3) is 0.545. The summed E-state index contributed by atoms with van der Waals surface area (Å²) in [6, 6.07) is 10.9. The lowest BCUT2D eigenvalue weighted by Crippen LogP contribution is -2.21. The standard InChI is InChI=1S/C33H45F3O3/c1-4-5-6-7-8-9-10-11-12-13-14-15-16-17-18-19-31(33(34,35)36)39-32(37)26(2)27-20-21-29-25-30(38-3)23-22-28(29)24-27/h11-12,19-26H,4-10,13-18H2,1-3H3/b12-11-,31-19+/t26-/m0/s1. The molecule has 39 heavy (non-hydrogen) atoms. The highest BCUT2D eigenvalue weighted by Gasteiger charge is 2.38. The summed E-state index contributed by atoms with van der Waals surface area (Å²) in [5, 5.41) is 1.78. The number of alkyl halides is 3. The Kier molecular flexibility index (Phi) is 14.8. The van der Waals surface area contributed by atoms with Crippen LogP contribution in [-0.4, -0.2) is 19.3 Å². The van der Waals surface area contributed by atoms with Crippen molar-refractivity contribution in [3.63, 3.8) is 0 Å². The molecule has 216 valence electrons. The molecule has 0 radical (unpaired) electrons. The van der Waals surface area contributed by atoms with Crippen LogP contribution in [0.25, 0.3) is 10.8 Å². The molecule has 0 saturated carbocycles. The van der Waals surface area contributed by atoms with Crippen LogP contribution in [0, 0.1) is 0 Å². The Labute approximate surface area is 232 Å². The van der Waals surface area contributed by atoms with E-state index in [2.05, 4.69) is 19.1 Å². The lowest BCUT2D eigenvalue weighted by atomic mass is 9.98. The molecule has 0 aliphatic heterocycles. The Morgan fingerprint density at radius 3 is 2.00 bits per heavy atom. The summed E-state index contributed by atoms with van der Waals surface area (Å²) in [6.45, 7) is 3.78. The highest BCUT2D eigenvalue weighted by atomic mass is 19.4. The van der Waals surface area contributed by atoms with Gasteiger partial charge in [0, 0.05) is 0 Å². The minimum atomic E-state index is -4.71. The van der Waals surface area contributed by atoms with Crippen LogP contribution in [0.1, 0.15) is 109 Å². The summed E-state index contributed by atoms with van der Waals surface area (Å²) in [5.41, 5.74) is 0.597. The van der Waals surface area contributed by atoms with Gasteiger partial charge in [-0.1, -0.05) is 88.3 Å². The van der Waals surface area contributed by atoms with Crippen molar-refractivity contribution in [2.45, 2.75) is 109 Å². The summed E-state index contributed by atoms with van der Waals surface area (Å²) in [6.07, 6.45) is 14.4. The average Bonchev–Trinajstić information content (AvgIpc) is 2.92. The minimum Gasteiger partial charge on any atom is -0.497 e. The van der Waals surface area contributed by atoms with Gasteiger partial charge in [-0.25, -0.2) is 0 Å². The van der Waals surface area contributed by atoms with Crippen LogP contribution in [0.5, 0.6) is 5.75 Å². The third-order valence-electron chi connectivity index (χ3n) is 6.96. The maximum absolute atomic E-state index is 13.5. The molecule has 3 nitrogen and oxygen atoms in total. The number of methoxy groups -OCH3 is 1. The number of carbonyl (C=O) groups is 1. The molecule has 0 spiro atoms. The fourth-order valence-electron chi connectivity index (χ4n) is 4.46. The molecule has 2 rings (SSSR count). The number of ether oxygens (including phenoxy) is 2. The van der Waals surface area contributed by atoms with Crippen LogP contribution in [-0.2, 0) is 9.53 Å². The van der Waals surface area contributed by atoms with Gasteiger partial charge in [0.25, 0.3) is 0 Å². The molecule has 0 aromatic heterocycles. The van der Waals surface area contributed by atoms with Crippen molar-refractivity contribution >= 4 is 16.7 Å². The van der Waals surface area contributed by atoms with Crippen molar-refractivity contribution in [1.82, 2.24) is 0 Å². The number of rotatable bonds is 18. The molecule has 2 aromatic carbocycles. The molecule has 0 saturated heterocycles. The lowest BCUT2D eigenvalue weighted by Gasteiger charge is -2.16. The van der Waals surface area contributed by atoms with E-state index >= 15 is 0 Å². The first kappa shape index (κ1) is 32.5. The maximum atomic E-state index is 13.5. The molecule has 2 aromatic rings. The first-order chi connectivity index (χ1) is 18.8. The van der Waals surface area contributed by atoms with Crippen molar-refractivity contribution < 1.29 is 27.4 Å². The van der Waals surface area contributed by atoms with E-state index in [1.165, 1.54) is 38.5 Å². The highest BCUT2D eigenvalue weighted by Crippen LogP contribution is 2.31. The van der Waals surface area contributed by atoms with E-state index in [1.54, 1.807) is 32.2 Å². The average molecular weight is 547 g/mol. The quantitative estimate of drug-likeness (QED) is 0.0807. The highest BCUT2D eigenvalue weighted by molar-refractivity contribution is 5.87. The number of hydrogen-bond donors (Lipinski definition) is 0. The van der Waals surface area contributed by atoms with E-state index in [1.807, 2.05) is 18.2 Å². The van der Waals surface area contributed by atoms with Crippen LogP contribution < -0.4 is 4.74 Å². The number of halogens is 3. The van der Waals surface area contributed by atoms with Gasteiger partial charge in [0.2, 0.25) is 5.76 Å². The zero-order chi connectivity index (χ0) is 28.5. The van der Waals surface area contributed by atoms with Gasteiger partial charge in [-0.05, 0) is 80.0 Å². The van der Waals surface area contributed by atoms with E-state index < -0.39 is 23.8 Å². The van der Waals surface area contributed by atoms with Gasteiger partial charge in [0.15, 0.2) is 0 Å². The van der Waals surface area contributed by atoms with E-state index in [4.69, 9.17) is 9.47 Å². The second kappa shape index (κ2) is 17.8. The Bertz CT molecular complexity index is 1060. The number of unbranched alkanes of at least 4 members (excludes halogenated alkanes) is 11. The molecule has 0 N–H and O–H groups in total. The smallest absolute Gasteiger partial charge is 0.449 e. The van der Waals surface area contributed by atoms with Crippen molar-refractivity contribution in [1.29, 1.82) is 0 Å². The summed E-state index contributed by atoms with van der Waals surface area (Å²) in [4.78, 5) is 12.6. The third kappa shape index (κ3) is 12.3. The molecule has 0 unspecified atom stereocenters. The largest absolute Gasteiger partial charge is 0.497 e. The van der Waals surface area contributed by atoms with Crippen LogP contribution in [0.15, 0.2) is 60.4 Å². The van der Waals surface area contributed by atoms with Gasteiger partial charge in [0.1, 0.15) is 5.75 Å². The van der Waals surface area contributed by atoms with Crippen molar-refractivity contribution in [3.8, 4) is 5.75 Å². The van der Waals surface area contributed by atoms with Gasteiger partial charge >= 0.3 is 12.1 Å². The molecular formula is C33H45F3O3. The van der Waals surface area contributed by atoms with Gasteiger partial charge in [-0.2, -0.15) is 13.2 Å². The third-order valence-corrected chi connectivity index (χ3v) is 6.96. The number of fused-ring (bicyclic) bond motifs is 1. The number of allylic oxidation sites excluding steroid dienone is 4. The summed E-state index contributed by atoms with van der Waals surface area (Å²) in [7, 11) is 1.58. The molecule has 0 heterocycles. The fourth-order valence-corrected chi connectivity index (χ4v) is 4.46. The SMILES string of the molecule is CCCCCCCC/C=C\CCCCCC/C=C(/OC(=O)[C@@H](C)c1ccc2cc(OC)ccc2c1)C(F)(F)F. The van der Waals surface area contributed by atoms with Crippen LogP contribution in [0.3, 0.4) is 0 Å². The minimum absolute atomic E-state index is 0.224. The van der Waals surface area contributed by atoms with Crippen LogP contribution in [0.4, 0.5) is 13.2 Å². The predicted octanol–water partition coefficient (Wildman–Crippen LogP) is 10.6. The molecule has 0 fully saturated rings. The van der Waals surface area contributed by atoms with E-state index in [0.717, 1.165) is 49.0 Å². The number of benzene rings is 2. The Morgan fingerprint density at radius 2 is 1.38 bits per heavy atom. The topological polar surface area (TPSA) is 35.5 Å². The molecule has 0 aliphatic carbocycles. The molecule has 0 amide bonds. The molecule has 0 bridgehead atoms. The summed E-state index contributed by atoms with van der Waals surface area (Å²) < 4.78 is 50.7. The maximum Gasteiger partial charge on any atom is 0.449 e. The Balaban J connectivity index is 1.74. The van der Waals surface area contributed by atoms with E-state index in [9.17, 15) is 18.0 Å². The predicted molar refractivity (Wildman–Crippen MR) is 154 cm³/mol. The van der Waals surface area contributed by atoms with E-state index in [-0.39, 0.29) is 6.42 Å². The normalized spacial score (nSPS) is 13.2. The first-order valence-electron chi connectivity index (χ1n) is 14.5. The second-order valence-corrected chi connectivity index (χ2v) is 10.2. The van der Waals surface area contributed by atoms with Crippen LogP contribution >= 0.6 is 0 Å². The molecule has 6 heteroatoms. The van der Waals surface area contributed by atoms with Gasteiger partial charge < -0.3 is 9.47 Å². The van der Waals surface area contributed by atoms with Gasteiger partial charge in [-0.15, -0.1) is 0 Å². The van der Waals surface area contributed by atoms with Crippen molar-refractivity contribution in [3.05, 3.63) is 65.9 Å². The molecule has 1 atom stereocenters. The van der Waals surface area contributed by atoms with Crippen molar-refractivity contribution in [2.75, 3.05) is 7.11 Å². The Morgan fingerprint density at radius 1 is 0.821 bits per heavy atom.